The molecule has 0 saturated heterocycles. The molecule has 3 rings (SSSR count). The number of hydrogen-bond donors (Lipinski definition) is 3. The van der Waals surface area contributed by atoms with Crippen molar-refractivity contribution in [3.8, 4) is 0 Å². The van der Waals surface area contributed by atoms with Crippen molar-refractivity contribution in [1.29, 1.82) is 0 Å². The molecule has 6 nitrogen and oxygen atoms in total. The van der Waals surface area contributed by atoms with E-state index in [2.05, 4.69) is 20.6 Å². The first kappa shape index (κ1) is 14.3. The van der Waals surface area contributed by atoms with Crippen molar-refractivity contribution in [3.63, 3.8) is 0 Å². The zero-order valence-electron chi connectivity index (χ0n) is 12.3. The van der Waals surface area contributed by atoms with Gasteiger partial charge in [0.1, 0.15) is 12.4 Å². The molecule has 1 aliphatic carbocycles. The van der Waals surface area contributed by atoms with E-state index >= 15 is 0 Å². The highest BCUT2D eigenvalue weighted by Crippen LogP contribution is 2.40. The average molecular weight is 298 g/mol. The summed E-state index contributed by atoms with van der Waals surface area (Å²) in [5, 5.41) is 14.7. The number of rotatable bonds is 6. The first-order chi connectivity index (χ1) is 10.6. The average Bonchev–Trinajstić information content (AvgIpc) is 3.32. The highest BCUT2D eigenvalue weighted by Gasteiger charge is 2.26. The zero-order valence-corrected chi connectivity index (χ0v) is 12.3. The van der Waals surface area contributed by atoms with E-state index in [1.54, 1.807) is 0 Å². The van der Waals surface area contributed by atoms with Crippen LogP contribution in [0.25, 0.3) is 0 Å². The van der Waals surface area contributed by atoms with E-state index in [-0.39, 0.29) is 6.54 Å². The Morgan fingerprint density at radius 3 is 2.64 bits per heavy atom. The molecule has 6 heteroatoms. The lowest BCUT2D eigenvalue weighted by atomic mass is 10.2. The number of anilines is 3. The molecule has 1 aliphatic rings. The van der Waals surface area contributed by atoms with Gasteiger partial charge in [0.2, 0.25) is 5.95 Å². The Morgan fingerprint density at radius 2 is 2.00 bits per heavy atom. The Balaban J connectivity index is 1.82. The van der Waals surface area contributed by atoms with Gasteiger partial charge < -0.3 is 15.7 Å². The van der Waals surface area contributed by atoms with Gasteiger partial charge in [0.25, 0.3) is 0 Å². The van der Waals surface area contributed by atoms with E-state index in [4.69, 9.17) is 5.11 Å². The quantitative estimate of drug-likeness (QED) is 0.760. The second-order valence-electron chi connectivity index (χ2n) is 5.51. The van der Waals surface area contributed by atoms with Crippen molar-refractivity contribution in [2.75, 3.05) is 17.2 Å². The van der Waals surface area contributed by atoms with Gasteiger partial charge >= 0.3 is 5.97 Å². The summed E-state index contributed by atoms with van der Waals surface area (Å²) in [5.74, 6) is 0.551. The number of nitrogens with one attached hydrogen (secondary N) is 2. The molecule has 1 saturated carbocycles. The molecular weight excluding hydrogens is 280 g/mol. The van der Waals surface area contributed by atoms with Crippen LogP contribution in [-0.4, -0.2) is 27.6 Å². The van der Waals surface area contributed by atoms with Crippen molar-refractivity contribution in [3.05, 3.63) is 41.6 Å². The monoisotopic (exact) mass is 298 g/mol. The largest absolute Gasteiger partial charge is 0.480 e. The van der Waals surface area contributed by atoms with Crippen LogP contribution in [0, 0.1) is 6.92 Å². The van der Waals surface area contributed by atoms with Crippen LogP contribution in [0.4, 0.5) is 17.5 Å². The minimum Gasteiger partial charge on any atom is -0.480 e. The molecule has 2 aromatic rings. The molecule has 0 bridgehead atoms. The smallest absolute Gasteiger partial charge is 0.322 e. The van der Waals surface area contributed by atoms with Gasteiger partial charge in [0.05, 0.1) is 5.69 Å². The summed E-state index contributed by atoms with van der Waals surface area (Å²) in [6.07, 6.45) is 2.25. The number of benzene rings is 1. The second-order valence-corrected chi connectivity index (χ2v) is 5.51. The minimum absolute atomic E-state index is 0.196. The maximum absolute atomic E-state index is 10.7. The zero-order chi connectivity index (χ0) is 15.5. The van der Waals surface area contributed by atoms with Crippen LogP contribution < -0.4 is 10.6 Å². The fraction of sp³-hybridized carbons (Fsp3) is 0.312. The summed E-state index contributed by atoms with van der Waals surface area (Å²) in [6.45, 7) is 1.84. The molecule has 0 amide bonds. The summed E-state index contributed by atoms with van der Waals surface area (Å²) in [5.41, 5.74) is 3.09. The third-order valence-corrected chi connectivity index (χ3v) is 3.46. The normalized spacial score (nSPS) is 13.7. The van der Waals surface area contributed by atoms with E-state index in [1.165, 1.54) is 5.56 Å². The van der Waals surface area contributed by atoms with Gasteiger partial charge in [0, 0.05) is 17.7 Å². The molecule has 0 aliphatic heterocycles. The highest BCUT2D eigenvalue weighted by atomic mass is 16.4. The predicted octanol–water partition coefficient (Wildman–Crippen LogP) is 2.90. The van der Waals surface area contributed by atoms with Crippen LogP contribution in [0.1, 0.15) is 30.0 Å². The number of aryl methyl sites for hydroxylation is 1. The van der Waals surface area contributed by atoms with Crippen LogP contribution in [-0.2, 0) is 4.79 Å². The molecule has 1 fully saturated rings. The van der Waals surface area contributed by atoms with Gasteiger partial charge in [-0.25, -0.2) is 4.98 Å². The maximum Gasteiger partial charge on any atom is 0.322 e. The number of nitrogens with zero attached hydrogens (tertiary/aromatic N) is 2. The standard InChI is InChI=1S/C16H18N4O2/c1-10-2-6-12(7-3-10)18-14-8-13(11-4-5-11)19-16(20-14)17-9-15(21)22/h2-3,6-8,11H,4-5,9H2,1H3,(H,21,22)(H2,17,18,19,20). The lowest BCUT2D eigenvalue weighted by Crippen LogP contribution is -2.15. The fourth-order valence-electron chi connectivity index (χ4n) is 2.14. The van der Waals surface area contributed by atoms with E-state index < -0.39 is 5.97 Å². The van der Waals surface area contributed by atoms with Gasteiger partial charge in [-0.2, -0.15) is 4.98 Å². The summed E-state index contributed by atoms with van der Waals surface area (Å²) in [4.78, 5) is 19.4. The van der Waals surface area contributed by atoms with Crippen molar-refractivity contribution in [1.82, 2.24) is 9.97 Å². The lowest BCUT2D eigenvalue weighted by molar-refractivity contribution is -0.134. The van der Waals surface area contributed by atoms with Crippen LogP contribution in [0.3, 0.4) is 0 Å². The van der Waals surface area contributed by atoms with Crippen LogP contribution in [0.2, 0.25) is 0 Å². The van der Waals surface area contributed by atoms with Gasteiger partial charge in [-0.1, -0.05) is 17.7 Å². The lowest BCUT2D eigenvalue weighted by Gasteiger charge is -2.10. The fourth-order valence-corrected chi connectivity index (χ4v) is 2.14. The molecule has 0 unspecified atom stereocenters. The summed E-state index contributed by atoms with van der Waals surface area (Å²) in [6, 6.07) is 9.95. The first-order valence-electron chi connectivity index (χ1n) is 7.28. The number of carboxylic acid groups (broad SMARTS) is 1. The molecule has 0 radical (unpaired) electrons. The van der Waals surface area contributed by atoms with E-state index in [9.17, 15) is 4.79 Å². The molecule has 1 heterocycles. The summed E-state index contributed by atoms with van der Waals surface area (Å²) < 4.78 is 0. The summed E-state index contributed by atoms with van der Waals surface area (Å²) in [7, 11) is 0. The molecular formula is C16H18N4O2. The molecule has 1 aromatic heterocycles. The number of carboxylic acids is 1. The van der Waals surface area contributed by atoms with Gasteiger partial charge in [0.15, 0.2) is 0 Å². The van der Waals surface area contributed by atoms with Crippen molar-refractivity contribution in [2.45, 2.75) is 25.7 Å². The molecule has 0 spiro atoms. The van der Waals surface area contributed by atoms with Crippen molar-refractivity contribution in [2.24, 2.45) is 0 Å². The Bertz CT molecular complexity index is 681. The van der Waals surface area contributed by atoms with Gasteiger partial charge in [-0.05, 0) is 31.9 Å². The first-order valence-corrected chi connectivity index (χ1v) is 7.28. The number of carbonyl (C=O) groups is 1. The minimum atomic E-state index is -0.937. The Hall–Kier alpha value is -2.63. The Morgan fingerprint density at radius 1 is 1.27 bits per heavy atom. The second kappa shape index (κ2) is 6.01. The molecule has 0 atom stereocenters. The van der Waals surface area contributed by atoms with Crippen molar-refractivity contribution >= 4 is 23.4 Å². The number of hydrogen-bond acceptors (Lipinski definition) is 5. The third-order valence-electron chi connectivity index (χ3n) is 3.46. The third kappa shape index (κ3) is 3.72. The van der Waals surface area contributed by atoms with Crippen molar-refractivity contribution < 1.29 is 9.90 Å². The number of aliphatic carboxylic acids is 1. The van der Waals surface area contributed by atoms with Crippen LogP contribution >= 0.6 is 0 Å². The van der Waals surface area contributed by atoms with Gasteiger partial charge in [-0.15, -0.1) is 0 Å². The van der Waals surface area contributed by atoms with E-state index in [1.807, 2.05) is 37.3 Å². The summed E-state index contributed by atoms with van der Waals surface area (Å²) >= 11 is 0. The number of aromatic nitrogens is 2. The SMILES string of the molecule is Cc1ccc(Nc2cc(C3CC3)nc(NCC(=O)O)n2)cc1. The molecule has 1 aromatic carbocycles. The highest BCUT2D eigenvalue weighted by molar-refractivity contribution is 5.72. The Labute approximate surface area is 128 Å². The van der Waals surface area contributed by atoms with Crippen LogP contribution in [0.15, 0.2) is 30.3 Å². The van der Waals surface area contributed by atoms with E-state index in [0.29, 0.717) is 17.7 Å². The maximum atomic E-state index is 10.7. The topological polar surface area (TPSA) is 87.1 Å². The predicted molar refractivity (Wildman–Crippen MR) is 84.6 cm³/mol. The molecule has 3 N–H and O–H groups in total. The Kier molecular flexibility index (Phi) is 3.91. The molecule has 114 valence electrons. The van der Waals surface area contributed by atoms with Crippen LogP contribution in [0.5, 0.6) is 0 Å². The van der Waals surface area contributed by atoms with E-state index in [0.717, 1.165) is 24.2 Å². The molecule has 22 heavy (non-hydrogen) atoms. The van der Waals surface area contributed by atoms with Gasteiger partial charge in [-0.3, -0.25) is 4.79 Å².